The summed E-state index contributed by atoms with van der Waals surface area (Å²) in [7, 11) is -1.84. The van der Waals surface area contributed by atoms with Gasteiger partial charge in [-0.3, -0.25) is 4.72 Å². The molecule has 0 unspecified atom stereocenters. The van der Waals surface area contributed by atoms with E-state index in [1.807, 2.05) is 0 Å². The summed E-state index contributed by atoms with van der Waals surface area (Å²) in [6.45, 7) is 0.414. The summed E-state index contributed by atoms with van der Waals surface area (Å²) < 4.78 is 31.7. The summed E-state index contributed by atoms with van der Waals surface area (Å²) in [4.78, 5) is 4.21. The molecule has 0 saturated heterocycles. The quantitative estimate of drug-likeness (QED) is 0.625. The maximum Gasteiger partial charge on any atom is 0.234 e. The molecule has 104 valence electrons. The molecule has 1 heterocycles. The second-order valence-corrected chi connectivity index (χ2v) is 6.89. The Bertz CT molecular complexity index is 667. The lowest BCUT2D eigenvalue weighted by atomic mass is 10.3. The molecule has 8 heteroatoms. The fraction of sp³-hybridized carbons (Fsp3) is 0.364. The third-order valence-electron chi connectivity index (χ3n) is 2.42. The van der Waals surface area contributed by atoms with Gasteiger partial charge in [-0.2, -0.15) is 0 Å². The Morgan fingerprint density at radius 1 is 1.47 bits per heavy atom. The number of fused-ring (bicyclic) bond motifs is 1. The highest BCUT2D eigenvalue weighted by Gasteiger charge is 2.13. The van der Waals surface area contributed by atoms with E-state index in [4.69, 9.17) is 10.5 Å². The van der Waals surface area contributed by atoms with Gasteiger partial charge < -0.3 is 10.5 Å². The Morgan fingerprint density at radius 3 is 3.00 bits per heavy atom. The minimum absolute atomic E-state index is 0.0128. The predicted octanol–water partition coefficient (Wildman–Crippen LogP) is 1.66. The van der Waals surface area contributed by atoms with E-state index in [9.17, 15) is 8.42 Å². The number of ether oxygens (including phenoxy) is 1. The highest BCUT2D eigenvalue weighted by Crippen LogP contribution is 2.28. The summed E-state index contributed by atoms with van der Waals surface area (Å²) >= 11 is 1.26. The first-order chi connectivity index (χ1) is 9.00. The van der Waals surface area contributed by atoms with Gasteiger partial charge in [0, 0.05) is 19.4 Å². The number of methoxy groups -OCH3 is 1. The van der Waals surface area contributed by atoms with Crippen molar-refractivity contribution in [3.63, 3.8) is 0 Å². The summed E-state index contributed by atoms with van der Waals surface area (Å²) in [5, 5.41) is 0.359. The number of benzene rings is 1. The number of thiazole rings is 1. The molecule has 0 saturated carbocycles. The van der Waals surface area contributed by atoms with Gasteiger partial charge in [-0.05, 0) is 24.6 Å². The van der Waals surface area contributed by atoms with Crippen LogP contribution >= 0.6 is 11.3 Å². The number of nitrogens with zero attached hydrogens (tertiary/aromatic N) is 1. The Kier molecular flexibility index (Phi) is 4.23. The second kappa shape index (κ2) is 5.72. The molecule has 0 aliphatic carbocycles. The Labute approximate surface area is 115 Å². The number of aromatic nitrogens is 1. The molecular formula is C11H15N3O3S2. The van der Waals surface area contributed by atoms with E-state index >= 15 is 0 Å². The highest BCUT2D eigenvalue weighted by molar-refractivity contribution is 7.92. The molecule has 1 aromatic carbocycles. The van der Waals surface area contributed by atoms with E-state index in [0.29, 0.717) is 23.8 Å². The largest absolute Gasteiger partial charge is 0.399 e. The molecule has 3 N–H and O–H groups in total. The normalized spacial score (nSPS) is 11.8. The van der Waals surface area contributed by atoms with Crippen molar-refractivity contribution in [3.8, 4) is 0 Å². The Balaban J connectivity index is 2.12. The molecule has 0 aliphatic rings. The van der Waals surface area contributed by atoms with E-state index < -0.39 is 10.0 Å². The van der Waals surface area contributed by atoms with Crippen molar-refractivity contribution in [3.05, 3.63) is 18.2 Å². The molecule has 1 aromatic heterocycles. The fourth-order valence-corrected chi connectivity index (χ4v) is 3.79. The van der Waals surface area contributed by atoms with Crippen LogP contribution < -0.4 is 10.5 Å². The molecule has 0 fully saturated rings. The number of nitrogens with two attached hydrogens (primary N) is 1. The zero-order valence-corrected chi connectivity index (χ0v) is 12.1. The van der Waals surface area contributed by atoms with Crippen LogP contribution in [0.5, 0.6) is 0 Å². The molecule has 0 amide bonds. The first-order valence-corrected chi connectivity index (χ1v) is 8.12. The lowest BCUT2D eigenvalue weighted by Crippen LogP contribution is -2.17. The molecular weight excluding hydrogens is 286 g/mol. The first-order valence-electron chi connectivity index (χ1n) is 5.66. The van der Waals surface area contributed by atoms with Gasteiger partial charge in [0.25, 0.3) is 0 Å². The molecule has 0 spiro atoms. The molecule has 0 atom stereocenters. The number of anilines is 2. The number of hydrogen-bond donors (Lipinski definition) is 2. The zero-order valence-electron chi connectivity index (χ0n) is 10.4. The van der Waals surface area contributed by atoms with Crippen LogP contribution in [-0.4, -0.2) is 32.9 Å². The van der Waals surface area contributed by atoms with Crippen LogP contribution in [0.25, 0.3) is 10.2 Å². The number of nitrogen functional groups attached to an aromatic ring is 1. The predicted molar refractivity (Wildman–Crippen MR) is 77.9 cm³/mol. The van der Waals surface area contributed by atoms with Crippen molar-refractivity contribution < 1.29 is 13.2 Å². The van der Waals surface area contributed by atoms with Gasteiger partial charge in [0.05, 0.1) is 16.0 Å². The molecule has 0 bridgehead atoms. The SMILES string of the molecule is COCCCS(=O)(=O)Nc1nc2ccc(N)cc2s1. The van der Waals surface area contributed by atoms with Gasteiger partial charge in [0.2, 0.25) is 10.0 Å². The number of sulfonamides is 1. The van der Waals surface area contributed by atoms with Crippen molar-refractivity contribution >= 4 is 42.4 Å². The molecule has 19 heavy (non-hydrogen) atoms. The van der Waals surface area contributed by atoms with Gasteiger partial charge in [-0.25, -0.2) is 13.4 Å². The van der Waals surface area contributed by atoms with Gasteiger partial charge >= 0.3 is 0 Å². The topological polar surface area (TPSA) is 94.3 Å². The van der Waals surface area contributed by atoms with Crippen molar-refractivity contribution in [1.29, 1.82) is 0 Å². The second-order valence-electron chi connectivity index (χ2n) is 4.01. The number of rotatable bonds is 6. The molecule has 2 aromatic rings. The number of nitrogens with one attached hydrogen (secondary N) is 1. The number of hydrogen-bond acceptors (Lipinski definition) is 6. The van der Waals surface area contributed by atoms with E-state index in [0.717, 1.165) is 10.2 Å². The third kappa shape index (κ3) is 3.79. The van der Waals surface area contributed by atoms with Gasteiger partial charge in [-0.15, -0.1) is 0 Å². The van der Waals surface area contributed by atoms with Crippen LogP contribution in [0, 0.1) is 0 Å². The smallest absolute Gasteiger partial charge is 0.234 e. The summed E-state index contributed by atoms with van der Waals surface area (Å²) in [6.07, 6.45) is 0.448. The molecule has 2 rings (SSSR count). The maximum atomic E-state index is 11.8. The van der Waals surface area contributed by atoms with Crippen LogP contribution in [0.1, 0.15) is 6.42 Å². The average Bonchev–Trinajstić information content (AvgIpc) is 2.69. The minimum atomic E-state index is -3.38. The van der Waals surface area contributed by atoms with Crippen molar-refractivity contribution in [2.45, 2.75) is 6.42 Å². The summed E-state index contributed by atoms with van der Waals surface area (Å²) in [5.41, 5.74) is 7.03. The van der Waals surface area contributed by atoms with Crippen molar-refractivity contribution in [1.82, 2.24) is 4.98 Å². The van der Waals surface area contributed by atoms with E-state index in [2.05, 4.69) is 9.71 Å². The van der Waals surface area contributed by atoms with E-state index in [1.165, 1.54) is 18.4 Å². The molecule has 0 aliphatic heterocycles. The molecule has 6 nitrogen and oxygen atoms in total. The maximum absolute atomic E-state index is 11.8. The summed E-state index contributed by atoms with van der Waals surface area (Å²) in [6, 6.07) is 5.28. The first kappa shape index (κ1) is 14.0. The van der Waals surface area contributed by atoms with Crippen LogP contribution in [0.4, 0.5) is 10.8 Å². The third-order valence-corrected chi connectivity index (χ3v) is 4.81. The van der Waals surface area contributed by atoms with E-state index in [-0.39, 0.29) is 5.75 Å². The molecule has 0 radical (unpaired) electrons. The monoisotopic (exact) mass is 301 g/mol. The van der Waals surface area contributed by atoms with Crippen LogP contribution in [0.3, 0.4) is 0 Å². The highest BCUT2D eigenvalue weighted by atomic mass is 32.2. The summed E-state index contributed by atoms with van der Waals surface area (Å²) in [5.74, 6) is 0.0128. The lowest BCUT2D eigenvalue weighted by molar-refractivity contribution is 0.199. The van der Waals surface area contributed by atoms with Gasteiger partial charge in [0.15, 0.2) is 5.13 Å². The Morgan fingerprint density at radius 2 is 2.26 bits per heavy atom. The minimum Gasteiger partial charge on any atom is -0.399 e. The lowest BCUT2D eigenvalue weighted by Gasteiger charge is -2.03. The fourth-order valence-electron chi connectivity index (χ4n) is 1.56. The van der Waals surface area contributed by atoms with Crippen LogP contribution in [0.15, 0.2) is 18.2 Å². The van der Waals surface area contributed by atoms with Gasteiger partial charge in [-0.1, -0.05) is 11.3 Å². The van der Waals surface area contributed by atoms with Crippen molar-refractivity contribution in [2.24, 2.45) is 0 Å². The standard InChI is InChI=1S/C11H15N3O3S2/c1-17-5-2-6-19(15,16)14-11-13-9-4-3-8(12)7-10(9)18-11/h3-4,7H,2,5-6,12H2,1H3,(H,13,14). The van der Waals surface area contributed by atoms with Gasteiger partial charge in [0.1, 0.15) is 0 Å². The van der Waals surface area contributed by atoms with Crippen LogP contribution in [-0.2, 0) is 14.8 Å². The van der Waals surface area contributed by atoms with E-state index in [1.54, 1.807) is 18.2 Å². The van der Waals surface area contributed by atoms with Crippen molar-refractivity contribution in [2.75, 3.05) is 29.9 Å². The Hall–Kier alpha value is -1.38. The average molecular weight is 301 g/mol. The van der Waals surface area contributed by atoms with Crippen LogP contribution in [0.2, 0.25) is 0 Å². The zero-order chi connectivity index (χ0) is 13.9.